The molecule has 0 aromatic heterocycles. The molecule has 1 amide bonds. The van der Waals surface area contributed by atoms with E-state index in [0.717, 1.165) is 17.7 Å². The topological polar surface area (TPSA) is 64.6 Å². The van der Waals surface area contributed by atoms with Gasteiger partial charge in [0, 0.05) is 13.0 Å². The third-order valence-electron chi connectivity index (χ3n) is 2.64. The van der Waals surface area contributed by atoms with Crippen molar-refractivity contribution in [1.82, 2.24) is 5.32 Å². The van der Waals surface area contributed by atoms with E-state index < -0.39 is 0 Å². The molecule has 0 bridgehead atoms. The normalized spacial score (nSPS) is 15.6. The van der Waals surface area contributed by atoms with E-state index in [9.17, 15) is 9.59 Å². The monoisotopic (exact) mass is 295 g/mol. The van der Waals surface area contributed by atoms with Gasteiger partial charge in [-0.2, -0.15) is 0 Å². The molecule has 1 heterocycles. The Labute approximate surface area is 126 Å². The summed E-state index contributed by atoms with van der Waals surface area (Å²) in [6.07, 6.45) is 2.37. The van der Waals surface area contributed by atoms with Gasteiger partial charge in [0.25, 0.3) is 0 Å². The lowest BCUT2D eigenvalue weighted by Crippen LogP contribution is -2.09. The van der Waals surface area contributed by atoms with Crippen molar-refractivity contribution in [3.8, 4) is 5.75 Å². The van der Waals surface area contributed by atoms with Gasteiger partial charge >= 0.3 is 5.97 Å². The maximum atomic E-state index is 10.2. The lowest BCUT2D eigenvalue weighted by Gasteiger charge is -2.01. The molecule has 5 heteroatoms. The molecule has 1 aliphatic heterocycles. The average molecular weight is 295 g/mol. The number of carbonyl (C=O) groups is 2. The van der Waals surface area contributed by atoms with E-state index in [1.807, 2.05) is 45.0 Å². The van der Waals surface area contributed by atoms with Crippen molar-refractivity contribution >= 4 is 12.4 Å². The molecule has 1 atom stereocenters. The Balaban J connectivity index is 0.000000377. The van der Waals surface area contributed by atoms with Crippen LogP contribution < -0.4 is 10.1 Å². The van der Waals surface area contributed by atoms with Crippen LogP contribution in [0.2, 0.25) is 0 Å². The summed E-state index contributed by atoms with van der Waals surface area (Å²) in [4.78, 5) is 20.2. The Morgan fingerprint density at radius 1 is 1.33 bits per heavy atom. The summed E-state index contributed by atoms with van der Waals surface area (Å²) in [6, 6.07) is 7.55. The fourth-order valence-electron chi connectivity index (χ4n) is 1.57. The van der Waals surface area contributed by atoms with E-state index in [1.165, 1.54) is 0 Å². The molecule has 0 radical (unpaired) electrons. The number of rotatable bonds is 4. The molecule has 1 N–H and O–H groups in total. The highest BCUT2D eigenvalue weighted by molar-refractivity contribution is 5.71. The van der Waals surface area contributed by atoms with Crippen molar-refractivity contribution < 1.29 is 19.1 Å². The summed E-state index contributed by atoms with van der Waals surface area (Å²) in [5.41, 5.74) is 1.06. The average Bonchev–Trinajstić information content (AvgIpc) is 2.91. The number of hydrogen-bond donors (Lipinski definition) is 1. The van der Waals surface area contributed by atoms with Crippen LogP contribution in [0.1, 0.15) is 39.2 Å². The summed E-state index contributed by atoms with van der Waals surface area (Å²) >= 11 is 0. The van der Waals surface area contributed by atoms with Gasteiger partial charge in [0.15, 0.2) is 0 Å². The van der Waals surface area contributed by atoms with Gasteiger partial charge in [-0.15, -0.1) is 0 Å². The number of ether oxygens (including phenoxy) is 2. The standard InChI is InChI=1S/C9H11NO2.C5H8O2.C2H6/c1-12-9-4-2-8(3-5-9)6-10-7-11;1-4-2-3-5(6)7-4;1-2/h2-5,7H,6H2,1H3,(H,10,11);4H,2-3H2,1H3;1-2H3. The highest BCUT2D eigenvalue weighted by atomic mass is 16.5. The quantitative estimate of drug-likeness (QED) is 0.685. The zero-order valence-corrected chi connectivity index (χ0v) is 13.2. The number of cyclic esters (lactones) is 1. The number of amides is 1. The zero-order chi connectivity index (χ0) is 16.1. The molecule has 1 aliphatic rings. The molecule has 2 rings (SSSR count). The van der Waals surface area contributed by atoms with Crippen LogP contribution >= 0.6 is 0 Å². The van der Waals surface area contributed by atoms with Gasteiger partial charge in [-0.25, -0.2) is 0 Å². The van der Waals surface area contributed by atoms with Crippen LogP contribution in [0.4, 0.5) is 0 Å². The molecule has 1 unspecified atom stereocenters. The minimum atomic E-state index is -0.0486. The Morgan fingerprint density at radius 2 is 1.95 bits per heavy atom. The first-order chi connectivity index (χ1) is 10.2. The van der Waals surface area contributed by atoms with Crippen LogP contribution in [-0.4, -0.2) is 25.6 Å². The zero-order valence-electron chi connectivity index (χ0n) is 13.2. The molecular formula is C16H25NO4. The Kier molecular flexibility index (Phi) is 10.6. The van der Waals surface area contributed by atoms with Gasteiger partial charge in [-0.3, -0.25) is 9.59 Å². The second-order valence-corrected chi connectivity index (χ2v) is 4.19. The van der Waals surface area contributed by atoms with Crippen molar-refractivity contribution in [3.63, 3.8) is 0 Å². The predicted octanol–water partition coefficient (Wildman–Crippen LogP) is 2.68. The lowest BCUT2D eigenvalue weighted by molar-refractivity contribution is -0.140. The van der Waals surface area contributed by atoms with Gasteiger partial charge in [0.05, 0.1) is 13.2 Å². The lowest BCUT2D eigenvalue weighted by atomic mass is 10.2. The first kappa shape index (κ1) is 19.0. The van der Waals surface area contributed by atoms with Crippen molar-refractivity contribution in [1.29, 1.82) is 0 Å². The largest absolute Gasteiger partial charge is 0.497 e. The van der Waals surface area contributed by atoms with E-state index in [2.05, 4.69) is 5.32 Å². The van der Waals surface area contributed by atoms with E-state index >= 15 is 0 Å². The summed E-state index contributed by atoms with van der Waals surface area (Å²) in [7, 11) is 1.62. The third-order valence-corrected chi connectivity index (χ3v) is 2.64. The van der Waals surface area contributed by atoms with Crippen molar-refractivity contribution in [2.75, 3.05) is 7.11 Å². The molecule has 0 aliphatic carbocycles. The molecule has 1 saturated heterocycles. The minimum absolute atomic E-state index is 0.0486. The van der Waals surface area contributed by atoms with Crippen molar-refractivity contribution in [3.05, 3.63) is 29.8 Å². The molecular weight excluding hydrogens is 270 g/mol. The number of nitrogens with one attached hydrogen (secondary N) is 1. The molecule has 0 spiro atoms. The third kappa shape index (κ3) is 8.68. The van der Waals surface area contributed by atoms with E-state index in [1.54, 1.807) is 7.11 Å². The van der Waals surface area contributed by atoms with Crippen LogP contribution in [0.25, 0.3) is 0 Å². The van der Waals surface area contributed by atoms with Crippen molar-refractivity contribution in [2.24, 2.45) is 0 Å². The first-order valence-corrected chi connectivity index (χ1v) is 7.15. The van der Waals surface area contributed by atoms with Crippen LogP contribution in [0.5, 0.6) is 5.75 Å². The van der Waals surface area contributed by atoms with Crippen molar-refractivity contribution in [2.45, 2.75) is 46.3 Å². The van der Waals surface area contributed by atoms with Crippen LogP contribution in [0.3, 0.4) is 0 Å². The second kappa shape index (κ2) is 11.8. The number of methoxy groups -OCH3 is 1. The molecule has 21 heavy (non-hydrogen) atoms. The summed E-state index contributed by atoms with van der Waals surface area (Å²) in [6.45, 7) is 6.47. The molecule has 1 fully saturated rings. The Hall–Kier alpha value is -2.04. The molecule has 1 aromatic carbocycles. The Bertz CT molecular complexity index is 403. The highest BCUT2D eigenvalue weighted by Crippen LogP contribution is 2.11. The van der Waals surface area contributed by atoms with Crippen LogP contribution in [0, 0.1) is 0 Å². The van der Waals surface area contributed by atoms with Gasteiger partial charge in [0.1, 0.15) is 5.75 Å². The molecule has 118 valence electrons. The maximum absolute atomic E-state index is 10.2. The highest BCUT2D eigenvalue weighted by Gasteiger charge is 2.17. The number of esters is 1. The molecule has 1 aromatic rings. The maximum Gasteiger partial charge on any atom is 0.306 e. The smallest absolute Gasteiger partial charge is 0.306 e. The SMILES string of the molecule is CC.CC1CCC(=O)O1.COc1ccc(CNC=O)cc1. The number of benzene rings is 1. The van der Waals surface area contributed by atoms with E-state index in [4.69, 9.17) is 9.47 Å². The van der Waals surface area contributed by atoms with E-state index in [-0.39, 0.29) is 12.1 Å². The number of carbonyl (C=O) groups excluding carboxylic acids is 2. The van der Waals surface area contributed by atoms with E-state index in [0.29, 0.717) is 19.4 Å². The van der Waals surface area contributed by atoms with Gasteiger partial charge in [-0.1, -0.05) is 26.0 Å². The fraction of sp³-hybridized carbons (Fsp3) is 0.500. The second-order valence-electron chi connectivity index (χ2n) is 4.19. The minimum Gasteiger partial charge on any atom is -0.497 e. The summed E-state index contributed by atoms with van der Waals surface area (Å²) in [5, 5.41) is 2.58. The van der Waals surface area contributed by atoms with Crippen LogP contribution in [0.15, 0.2) is 24.3 Å². The summed E-state index contributed by atoms with van der Waals surface area (Å²) < 4.78 is 9.71. The molecule has 0 saturated carbocycles. The fourth-order valence-corrected chi connectivity index (χ4v) is 1.57. The van der Waals surface area contributed by atoms with Gasteiger partial charge in [0.2, 0.25) is 6.41 Å². The van der Waals surface area contributed by atoms with Crippen LogP contribution in [-0.2, 0) is 20.9 Å². The first-order valence-electron chi connectivity index (χ1n) is 7.15. The van der Waals surface area contributed by atoms with Gasteiger partial charge in [-0.05, 0) is 31.0 Å². The number of hydrogen-bond acceptors (Lipinski definition) is 4. The molecule has 5 nitrogen and oxygen atoms in total. The predicted molar refractivity (Wildman–Crippen MR) is 82.0 cm³/mol. The Morgan fingerprint density at radius 3 is 2.29 bits per heavy atom. The van der Waals surface area contributed by atoms with Gasteiger partial charge < -0.3 is 14.8 Å². The summed E-state index contributed by atoms with van der Waals surface area (Å²) in [5.74, 6) is 0.775.